The van der Waals surface area contributed by atoms with Crippen molar-refractivity contribution < 1.29 is 13.6 Å². The minimum Gasteiger partial charge on any atom is -0.346 e. The summed E-state index contributed by atoms with van der Waals surface area (Å²) in [5.74, 6) is -2.50. The molecule has 5 nitrogen and oxygen atoms in total. The van der Waals surface area contributed by atoms with Gasteiger partial charge < -0.3 is 5.32 Å². The maximum absolute atomic E-state index is 13.3. The van der Waals surface area contributed by atoms with Crippen molar-refractivity contribution in [2.45, 2.75) is 38.3 Å². The van der Waals surface area contributed by atoms with Crippen molar-refractivity contribution in [2.75, 3.05) is 0 Å². The van der Waals surface area contributed by atoms with Gasteiger partial charge in [-0.25, -0.2) is 8.78 Å². The molecule has 0 bridgehead atoms. The molecule has 0 radical (unpaired) electrons. The van der Waals surface area contributed by atoms with Crippen LogP contribution >= 0.6 is 0 Å². The van der Waals surface area contributed by atoms with E-state index >= 15 is 0 Å². The van der Waals surface area contributed by atoms with Gasteiger partial charge in [-0.2, -0.15) is 5.10 Å². The molecule has 1 aromatic carbocycles. The smallest absolute Gasteiger partial charge is 0.251 e. The summed E-state index contributed by atoms with van der Waals surface area (Å²) in [6, 6.07) is 11.1. The maximum atomic E-state index is 13.3. The molecule has 2 heterocycles. The highest BCUT2D eigenvalue weighted by Gasteiger charge is 2.22. The Kier molecular flexibility index (Phi) is 5.14. The number of nitrogens with one attached hydrogen (secondary N) is 1. The van der Waals surface area contributed by atoms with Gasteiger partial charge in [0.25, 0.3) is 5.91 Å². The van der Waals surface area contributed by atoms with E-state index in [9.17, 15) is 13.6 Å². The first-order valence-corrected chi connectivity index (χ1v) is 9.35. The molecule has 0 spiro atoms. The van der Waals surface area contributed by atoms with E-state index in [1.54, 1.807) is 6.20 Å². The Hall–Kier alpha value is -3.09. The summed E-state index contributed by atoms with van der Waals surface area (Å²) in [7, 11) is 0. The first kappa shape index (κ1) is 18.3. The number of pyridine rings is 1. The molecule has 144 valence electrons. The van der Waals surface area contributed by atoms with Crippen LogP contribution in [0.25, 0.3) is 11.4 Å². The summed E-state index contributed by atoms with van der Waals surface area (Å²) in [5, 5.41) is 7.41. The third-order valence-electron chi connectivity index (χ3n) is 5.00. The quantitative estimate of drug-likeness (QED) is 0.717. The summed E-state index contributed by atoms with van der Waals surface area (Å²) < 4.78 is 28.4. The van der Waals surface area contributed by atoms with Crippen LogP contribution in [0.1, 0.15) is 47.8 Å². The summed E-state index contributed by atoms with van der Waals surface area (Å²) in [6.45, 7) is 0.192. The number of aromatic nitrogens is 3. The van der Waals surface area contributed by atoms with Crippen LogP contribution in [0.3, 0.4) is 0 Å². The number of hydrogen-bond acceptors (Lipinski definition) is 3. The molecule has 28 heavy (non-hydrogen) atoms. The van der Waals surface area contributed by atoms with Crippen LogP contribution < -0.4 is 5.32 Å². The Morgan fingerprint density at radius 1 is 1.11 bits per heavy atom. The highest BCUT2D eigenvalue weighted by molar-refractivity contribution is 5.94. The first-order chi connectivity index (χ1) is 13.6. The van der Waals surface area contributed by atoms with E-state index in [-0.39, 0.29) is 12.1 Å². The molecule has 3 aromatic rings. The van der Waals surface area contributed by atoms with Crippen LogP contribution in [-0.4, -0.2) is 20.7 Å². The number of rotatable bonds is 5. The number of carbonyl (C=O) groups excluding carboxylic acids is 1. The second-order valence-corrected chi connectivity index (χ2v) is 6.93. The fourth-order valence-corrected chi connectivity index (χ4v) is 3.57. The number of nitrogens with zero attached hydrogens (tertiary/aromatic N) is 3. The lowest BCUT2D eigenvalue weighted by molar-refractivity contribution is 0.0949. The Balaban J connectivity index is 1.54. The predicted molar refractivity (Wildman–Crippen MR) is 100 cm³/mol. The molecule has 1 aliphatic carbocycles. The number of hydrogen-bond donors (Lipinski definition) is 1. The van der Waals surface area contributed by atoms with E-state index < -0.39 is 17.5 Å². The Bertz CT molecular complexity index is 981. The van der Waals surface area contributed by atoms with Gasteiger partial charge in [-0.3, -0.25) is 14.5 Å². The topological polar surface area (TPSA) is 59.8 Å². The van der Waals surface area contributed by atoms with E-state index in [1.807, 2.05) is 28.9 Å². The summed E-state index contributed by atoms with van der Waals surface area (Å²) in [6.07, 6.45) is 6.24. The third-order valence-corrected chi connectivity index (χ3v) is 5.00. The van der Waals surface area contributed by atoms with E-state index in [0.29, 0.717) is 11.7 Å². The average molecular weight is 382 g/mol. The highest BCUT2D eigenvalue weighted by Crippen LogP contribution is 2.33. The lowest BCUT2D eigenvalue weighted by atomic mass is 10.2. The zero-order chi connectivity index (χ0) is 19.5. The fourth-order valence-electron chi connectivity index (χ4n) is 3.57. The van der Waals surface area contributed by atoms with Gasteiger partial charge in [0, 0.05) is 11.8 Å². The van der Waals surface area contributed by atoms with Crippen molar-refractivity contribution >= 4 is 5.91 Å². The van der Waals surface area contributed by atoms with Gasteiger partial charge in [0.15, 0.2) is 11.6 Å². The molecule has 1 aliphatic rings. The van der Waals surface area contributed by atoms with Crippen LogP contribution in [0.2, 0.25) is 0 Å². The summed E-state index contributed by atoms with van der Waals surface area (Å²) in [5.41, 5.74) is 2.52. The van der Waals surface area contributed by atoms with E-state index in [4.69, 9.17) is 5.10 Å². The van der Waals surface area contributed by atoms with Crippen molar-refractivity contribution in [3.05, 3.63) is 71.6 Å². The molecule has 4 rings (SSSR count). The lowest BCUT2D eigenvalue weighted by Crippen LogP contribution is -2.23. The average Bonchev–Trinajstić information content (AvgIpc) is 3.38. The number of benzene rings is 1. The van der Waals surface area contributed by atoms with Crippen molar-refractivity contribution in [3.8, 4) is 11.4 Å². The molecule has 0 saturated heterocycles. The normalized spacial score (nSPS) is 14.4. The van der Waals surface area contributed by atoms with Crippen molar-refractivity contribution in [2.24, 2.45) is 0 Å². The number of carbonyl (C=O) groups is 1. The largest absolute Gasteiger partial charge is 0.346 e. The molecule has 7 heteroatoms. The molecule has 1 fully saturated rings. The molecular weight excluding hydrogens is 362 g/mol. The van der Waals surface area contributed by atoms with Gasteiger partial charge in [0.1, 0.15) is 0 Å². The Labute approximate surface area is 161 Å². The molecule has 0 unspecified atom stereocenters. The van der Waals surface area contributed by atoms with Crippen LogP contribution in [0, 0.1) is 11.6 Å². The summed E-state index contributed by atoms with van der Waals surface area (Å²) >= 11 is 0. The van der Waals surface area contributed by atoms with Gasteiger partial charge in [0.05, 0.1) is 29.7 Å². The van der Waals surface area contributed by atoms with E-state index in [0.717, 1.165) is 36.4 Å². The van der Waals surface area contributed by atoms with Crippen molar-refractivity contribution in [3.63, 3.8) is 0 Å². The van der Waals surface area contributed by atoms with Crippen LogP contribution in [0.5, 0.6) is 0 Å². The van der Waals surface area contributed by atoms with Gasteiger partial charge in [-0.1, -0.05) is 18.9 Å². The van der Waals surface area contributed by atoms with Gasteiger partial charge in [0.2, 0.25) is 0 Å². The fraction of sp³-hybridized carbons (Fsp3) is 0.286. The number of amides is 1. The Morgan fingerprint density at radius 2 is 1.93 bits per heavy atom. The molecule has 0 atom stereocenters. The molecule has 1 N–H and O–H groups in total. The minimum absolute atomic E-state index is 0.0686. The number of halogens is 2. The van der Waals surface area contributed by atoms with Crippen LogP contribution in [0.4, 0.5) is 8.78 Å². The first-order valence-electron chi connectivity index (χ1n) is 9.35. The SMILES string of the molecule is O=C(NCc1cc(-c2ccccn2)n(C2CCCC2)n1)c1ccc(F)c(F)c1. The van der Waals surface area contributed by atoms with Crippen molar-refractivity contribution in [1.82, 2.24) is 20.1 Å². The molecular formula is C21H20F2N4O. The van der Waals surface area contributed by atoms with Gasteiger partial charge in [-0.15, -0.1) is 0 Å². The maximum Gasteiger partial charge on any atom is 0.251 e. The van der Waals surface area contributed by atoms with Gasteiger partial charge >= 0.3 is 0 Å². The monoisotopic (exact) mass is 382 g/mol. The Morgan fingerprint density at radius 3 is 2.64 bits per heavy atom. The second-order valence-electron chi connectivity index (χ2n) is 6.93. The van der Waals surface area contributed by atoms with E-state index in [1.165, 1.54) is 18.9 Å². The van der Waals surface area contributed by atoms with Crippen molar-refractivity contribution in [1.29, 1.82) is 0 Å². The minimum atomic E-state index is -1.05. The highest BCUT2D eigenvalue weighted by atomic mass is 19.2. The van der Waals surface area contributed by atoms with Crippen LogP contribution in [-0.2, 0) is 6.54 Å². The molecule has 1 amide bonds. The van der Waals surface area contributed by atoms with Crippen LogP contribution in [0.15, 0.2) is 48.7 Å². The third kappa shape index (κ3) is 3.78. The molecule has 1 saturated carbocycles. The predicted octanol–water partition coefficient (Wildman–Crippen LogP) is 4.27. The molecule has 0 aliphatic heterocycles. The summed E-state index contributed by atoms with van der Waals surface area (Å²) in [4.78, 5) is 16.7. The zero-order valence-electron chi connectivity index (χ0n) is 15.2. The lowest BCUT2D eigenvalue weighted by Gasteiger charge is -2.13. The zero-order valence-corrected chi connectivity index (χ0v) is 15.2. The van der Waals surface area contributed by atoms with Gasteiger partial charge in [-0.05, 0) is 49.2 Å². The van der Waals surface area contributed by atoms with E-state index in [2.05, 4.69) is 10.3 Å². The molecule has 2 aromatic heterocycles. The second kappa shape index (κ2) is 7.88. The standard InChI is InChI=1S/C21H20F2N4O/c22-17-9-8-14(11-18(17)23)21(28)25-13-15-12-20(19-7-3-4-10-24-19)27(26-15)16-5-1-2-6-16/h3-4,7-12,16H,1-2,5-6,13H2,(H,25,28).